The van der Waals surface area contributed by atoms with Gasteiger partial charge in [0.15, 0.2) is 5.56 Å². The molecule has 4 heteroatoms. The Morgan fingerprint density at radius 2 is 1.53 bits per heavy atom. The van der Waals surface area contributed by atoms with Crippen LogP contribution < -0.4 is 0 Å². The Hall–Kier alpha value is -0.440. The molecule has 0 saturated heterocycles. The van der Waals surface area contributed by atoms with Gasteiger partial charge in [-0.25, -0.2) is 4.79 Å². The van der Waals surface area contributed by atoms with Gasteiger partial charge in [0.2, 0.25) is 0 Å². The monoisotopic (exact) mass is 292 g/mol. The first kappa shape index (κ1) is 18.6. The van der Waals surface area contributed by atoms with Gasteiger partial charge in [0.05, 0.1) is 6.61 Å². The summed E-state index contributed by atoms with van der Waals surface area (Å²) in [7, 11) is 0. The second-order valence-corrected chi connectivity index (χ2v) is 5.38. The maximum Gasteiger partial charge on any atom is 0.509 e. The van der Waals surface area contributed by atoms with Crippen LogP contribution in [-0.2, 0) is 9.47 Å². The summed E-state index contributed by atoms with van der Waals surface area (Å²) in [4.78, 5) is 11.1. The first-order chi connectivity index (χ1) is 9.20. The molecule has 0 radical (unpaired) electrons. The van der Waals surface area contributed by atoms with Crippen molar-refractivity contribution in [3.63, 3.8) is 0 Å². The lowest BCUT2D eigenvalue weighted by Gasteiger charge is -2.10. The van der Waals surface area contributed by atoms with Crippen molar-refractivity contribution in [2.24, 2.45) is 0 Å². The molecule has 114 valence electrons. The summed E-state index contributed by atoms with van der Waals surface area (Å²) in [6, 6.07) is 0. The van der Waals surface area contributed by atoms with Crippen LogP contribution in [0.5, 0.6) is 0 Å². The van der Waals surface area contributed by atoms with Gasteiger partial charge < -0.3 is 9.47 Å². The van der Waals surface area contributed by atoms with Crippen molar-refractivity contribution in [2.75, 3.05) is 6.61 Å². The first-order valence-corrected chi connectivity index (χ1v) is 8.11. The third-order valence-corrected chi connectivity index (χ3v) is 3.24. The molecule has 3 nitrogen and oxygen atoms in total. The number of carbonyl (C=O) groups is 1. The van der Waals surface area contributed by atoms with Crippen molar-refractivity contribution in [1.29, 1.82) is 0 Å². The molecule has 0 amide bonds. The van der Waals surface area contributed by atoms with E-state index in [0.717, 1.165) is 19.3 Å². The lowest BCUT2D eigenvalue weighted by molar-refractivity contribution is 0.0434. The second-order valence-electron chi connectivity index (χ2n) is 4.89. The Labute approximate surface area is 123 Å². The Kier molecular flexibility index (Phi) is 13.7. The van der Waals surface area contributed by atoms with Crippen molar-refractivity contribution < 1.29 is 14.3 Å². The van der Waals surface area contributed by atoms with Crippen molar-refractivity contribution in [3.05, 3.63) is 0 Å². The lowest BCUT2D eigenvalue weighted by atomic mass is 10.1. The Balaban J connectivity index is 3.28. The van der Waals surface area contributed by atoms with Crippen LogP contribution in [0.15, 0.2) is 0 Å². The highest BCUT2D eigenvalue weighted by Gasteiger charge is 2.11. The Bertz CT molecular complexity index is 210. The Morgan fingerprint density at radius 3 is 2.11 bits per heavy atom. The van der Waals surface area contributed by atoms with Gasteiger partial charge >= 0.3 is 6.16 Å². The van der Waals surface area contributed by atoms with E-state index < -0.39 is 11.7 Å². The highest BCUT2D eigenvalue weighted by atomic mass is 35.5. The van der Waals surface area contributed by atoms with Gasteiger partial charge in [-0.15, -0.1) is 0 Å². The number of carbonyl (C=O) groups excluding carboxylic acids is 1. The summed E-state index contributed by atoms with van der Waals surface area (Å²) < 4.78 is 9.71. The summed E-state index contributed by atoms with van der Waals surface area (Å²) in [6.45, 7) is 4.55. The maximum absolute atomic E-state index is 11.1. The highest BCUT2D eigenvalue weighted by molar-refractivity contribution is 6.20. The molecular formula is C15H29ClO3. The maximum atomic E-state index is 11.1. The fourth-order valence-electron chi connectivity index (χ4n) is 1.82. The minimum atomic E-state index is -0.651. The number of hydrogen-bond donors (Lipinski definition) is 0. The van der Waals surface area contributed by atoms with Crippen LogP contribution in [0.1, 0.15) is 78.1 Å². The number of ether oxygens (including phenoxy) is 2. The molecule has 0 rings (SSSR count). The minimum absolute atomic E-state index is 0.389. The van der Waals surface area contributed by atoms with Crippen LogP contribution in [0.3, 0.4) is 0 Å². The zero-order chi connectivity index (χ0) is 14.3. The molecule has 0 saturated carbocycles. The van der Waals surface area contributed by atoms with E-state index in [1.165, 1.54) is 38.5 Å². The molecule has 0 aromatic heterocycles. The summed E-state index contributed by atoms with van der Waals surface area (Å²) >= 11 is 5.91. The molecule has 0 heterocycles. The zero-order valence-corrected chi connectivity index (χ0v) is 13.2. The van der Waals surface area contributed by atoms with Crippen LogP contribution in [0, 0.1) is 0 Å². The predicted molar refractivity (Wildman–Crippen MR) is 79.6 cm³/mol. The number of rotatable bonds is 12. The van der Waals surface area contributed by atoms with Crippen LogP contribution in [0.4, 0.5) is 4.79 Å². The molecule has 0 N–H and O–H groups in total. The van der Waals surface area contributed by atoms with E-state index in [2.05, 4.69) is 6.92 Å². The summed E-state index contributed by atoms with van der Waals surface area (Å²) in [5, 5.41) is 0. The van der Waals surface area contributed by atoms with E-state index in [1.807, 2.05) is 6.92 Å². The summed E-state index contributed by atoms with van der Waals surface area (Å²) in [5.41, 5.74) is -0.551. The molecule has 0 aromatic rings. The largest absolute Gasteiger partial charge is 0.509 e. The van der Waals surface area contributed by atoms with Gasteiger partial charge in [0.1, 0.15) is 0 Å². The molecule has 0 aliphatic rings. The zero-order valence-electron chi connectivity index (χ0n) is 12.5. The fourth-order valence-corrected chi connectivity index (χ4v) is 2.05. The molecule has 1 atom stereocenters. The summed E-state index contributed by atoms with van der Waals surface area (Å²) in [6.07, 6.45) is 10.9. The van der Waals surface area contributed by atoms with Crippen LogP contribution in [0.25, 0.3) is 0 Å². The predicted octanol–water partition coefficient (Wildman–Crippen LogP) is 5.65. The standard InChI is InChI=1S/C15H29ClO3/c1-3-5-6-7-8-9-10-11-12-14(16)19-15(17)18-13-4-2/h14H,3-13H2,1-2H3. The molecule has 19 heavy (non-hydrogen) atoms. The van der Waals surface area contributed by atoms with Crippen LogP contribution >= 0.6 is 11.6 Å². The Morgan fingerprint density at radius 1 is 0.947 bits per heavy atom. The fraction of sp³-hybridized carbons (Fsp3) is 0.933. The third-order valence-electron chi connectivity index (χ3n) is 2.93. The molecule has 0 spiro atoms. The number of unbranched alkanes of at least 4 members (excludes halogenated alkanes) is 7. The van der Waals surface area contributed by atoms with Gasteiger partial charge in [0, 0.05) is 0 Å². The SMILES string of the molecule is CCCCCCCCCCC(Cl)OC(=O)OCCC. The third kappa shape index (κ3) is 13.8. The second kappa shape index (κ2) is 14.0. The lowest BCUT2D eigenvalue weighted by Crippen LogP contribution is -2.14. The normalized spacial score (nSPS) is 12.2. The molecule has 0 fully saturated rings. The van der Waals surface area contributed by atoms with Gasteiger partial charge in [-0.05, 0) is 19.3 Å². The van der Waals surface area contributed by atoms with E-state index >= 15 is 0 Å². The number of hydrogen-bond acceptors (Lipinski definition) is 3. The average molecular weight is 293 g/mol. The number of halogens is 1. The minimum Gasteiger partial charge on any atom is -0.434 e. The van der Waals surface area contributed by atoms with Gasteiger partial charge in [-0.1, -0.05) is 70.4 Å². The van der Waals surface area contributed by atoms with Gasteiger partial charge in [-0.3, -0.25) is 0 Å². The van der Waals surface area contributed by atoms with Crippen LogP contribution in [-0.4, -0.2) is 18.3 Å². The molecule has 0 aliphatic heterocycles. The quantitative estimate of drug-likeness (QED) is 0.265. The molecule has 0 aliphatic carbocycles. The number of alkyl halides is 1. The molecule has 0 aromatic carbocycles. The van der Waals surface area contributed by atoms with Crippen molar-refractivity contribution in [3.8, 4) is 0 Å². The highest BCUT2D eigenvalue weighted by Crippen LogP contribution is 2.14. The van der Waals surface area contributed by atoms with Crippen LogP contribution in [0.2, 0.25) is 0 Å². The van der Waals surface area contributed by atoms with Crippen molar-refractivity contribution in [2.45, 2.75) is 83.6 Å². The van der Waals surface area contributed by atoms with E-state index in [0.29, 0.717) is 13.0 Å². The van der Waals surface area contributed by atoms with Gasteiger partial charge in [0.25, 0.3) is 0 Å². The molecular weight excluding hydrogens is 264 g/mol. The first-order valence-electron chi connectivity index (χ1n) is 7.68. The van der Waals surface area contributed by atoms with Gasteiger partial charge in [-0.2, -0.15) is 0 Å². The average Bonchev–Trinajstić information content (AvgIpc) is 2.39. The van der Waals surface area contributed by atoms with Crippen molar-refractivity contribution >= 4 is 17.8 Å². The van der Waals surface area contributed by atoms with E-state index in [-0.39, 0.29) is 0 Å². The molecule has 0 bridgehead atoms. The van der Waals surface area contributed by atoms with E-state index in [1.54, 1.807) is 0 Å². The van der Waals surface area contributed by atoms with Crippen molar-refractivity contribution in [1.82, 2.24) is 0 Å². The molecule has 1 unspecified atom stereocenters. The summed E-state index contributed by atoms with van der Waals surface area (Å²) in [5.74, 6) is 0. The van der Waals surface area contributed by atoms with E-state index in [4.69, 9.17) is 21.1 Å². The van der Waals surface area contributed by atoms with E-state index in [9.17, 15) is 4.79 Å². The topological polar surface area (TPSA) is 35.5 Å². The smallest absolute Gasteiger partial charge is 0.434 e.